The number of rotatable bonds is 5. The van der Waals surface area contributed by atoms with E-state index in [4.69, 9.17) is 0 Å². The zero-order valence-electron chi connectivity index (χ0n) is 19.1. The van der Waals surface area contributed by atoms with Crippen molar-refractivity contribution in [3.05, 3.63) is 72.6 Å². The summed E-state index contributed by atoms with van der Waals surface area (Å²) >= 11 is 0. The summed E-state index contributed by atoms with van der Waals surface area (Å²) in [6.45, 7) is 4.66. The van der Waals surface area contributed by atoms with Crippen LogP contribution in [0.2, 0.25) is 0 Å². The fourth-order valence-electron chi connectivity index (χ4n) is 4.07. The second-order valence-electron chi connectivity index (χ2n) is 8.14. The van der Waals surface area contributed by atoms with Gasteiger partial charge in [-0.15, -0.1) is 0 Å². The molecule has 0 radical (unpaired) electrons. The number of carbonyl (C=O) groups is 1. The van der Waals surface area contributed by atoms with Crippen LogP contribution >= 0.6 is 0 Å². The Morgan fingerprint density at radius 1 is 1.06 bits per heavy atom. The highest BCUT2D eigenvalue weighted by Gasteiger charge is 2.19. The van der Waals surface area contributed by atoms with E-state index in [1.54, 1.807) is 53.6 Å². The van der Waals surface area contributed by atoms with Gasteiger partial charge in [-0.1, -0.05) is 12.1 Å². The molecule has 9 nitrogen and oxygen atoms in total. The maximum absolute atomic E-state index is 13.2. The number of benzene rings is 2. The number of hydrogen-bond acceptors (Lipinski definition) is 7. The van der Waals surface area contributed by atoms with Gasteiger partial charge in [-0.2, -0.15) is 10.2 Å². The molecular weight excluding hydrogens is 462 g/mol. The first-order valence-corrected chi connectivity index (χ1v) is 12.3. The van der Waals surface area contributed by atoms with E-state index in [-0.39, 0.29) is 5.91 Å². The summed E-state index contributed by atoms with van der Waals surface area (Å²) < 4.78 is 14.8. The highest BCUT2D eigenvalue weighted by atomic mass is 32.2. The molecule has 4 aromatic rings. The lowest BCUT2D eigenvalue weighted by atomic mass is 10.2. The Bertz CT molecular complexity index is 1450. The molecule has 0 aliphatic carbocycles. The second kappa shape index (κ2) is 9.56. The maximum Gasteiger partial charge on any atom is 0.229 e. The van der Waals surface area contributed by atoms with Crippen molar-refractivity contribution >= 4 is 45.2 Å². The zero-order valence-corrected chi connectivity index (χ0v) is 19.9. The predicted octanol–water partition coefficient (Wildman–Crippen LogP) is 3.29. The number of piperazine rings is 1. The van der Waals surface area contributed by atoms with Crippen LogP contribution in [0.5, 0.6) is 0 Å². The van der Waals surface area contributed by atoms with Gasteiger partial charge >= 0.3 is 0 Å². The number of amides is 1. The van der Waals surface area contributed by atoms with Crippen molar-refractivity contribution in [3.63, 3.8) is 0 Å². The third-order valence-corrected chi connectivity index (χ3v) is 7.37. The number of nitriles is 1. The Balaban J connectivity index is 1.34. The summed E-state index contributed by atoms with van der Waals surface area (Å²) in [5, 5.41) is 13.3. The van der Waals surface area contributed by atoms with Crippen LogP contribution in [0, 0.1) is 11.3 Å². The van der Waals surface area contributed by atoms with E-state index < -0.39 is 11.0 Å². The van der Waals surface area contributed by atoms with Crippen molar-refractivity contribution in [1.82, 2.24) is 18.8 Å². The van der Waals surface area contributed by atoms with Crippen LogP contribution in [0.25, 0.3) is 11.0 Å². The van der Waals surface area contributed by atoms with Gasteiger partial charge in [-0.05, 0) is 42.5 Å². The molecular formula is C25H23N7O2S. The minimum absolute atomic E-state index is 0.116. The first-order chi connectivity index (χ1) is 17.0. The normalized spacial score (nSPS) is 14.5. The molecule has 176 valence electrons. The molecule has 1 N–H and O–H groups in total. The van der Waals surface area contributed by atoms with Crippen LogP contribution in [0.15, 0.2) is 71.9 Å². The number of nitrogens with zero attached hydrogens (tertiary/aromatic N) is 6. The number of carbonyl (C=O) groups excluding carboxylic acids is 1. The highest BCUT2D eigenvalue weighted by molar-refractivity contribution is 7.83. The van der Waals surface area contributed by atoms with E-state index in [0.29, 0.717) is 22.1 Å². The quantitative estimate of drug-likeness (QED) is 0.462. The standard InChI is InChI=1S/C25H23N7O2S/c1-18(33)30-12-14-31(15-13-30)22-8-6-21(7-9-22)28-25-27-17-20-10-11-32(24(20)29-25)35(34)23-5-3-2-4-19(23)16-26/h2-11,17H,12-15H2,1H3,(H,27,28,29). The van der Waals surface area contributed by atoms with E-state index in [0.717, 1.165) is 42.9 Å². The molecule has 2 aromatic heterocycles. The maximum atomic E-state index is 13.2. The fraction of sp³-hybridized carbons (Fsp3) is 0.200. The van der Waals surface area contributed by atoms with E-state index in [9.17, 15) is 14.3 Å². The molecule has 0 spiro atoms. The predicted molar refractivity (Wildman–Crippen MR) is 135 cm³/mol. The highest BCUT2D eigenvalue weighted by Crippen LogP contribution is 2.24. The van der Waals surface area contributed by atoms with Crippen molar-refractivity contribution in [3.8, 4) is 6.07 Å². The Kier molecular flexibility index (Phi) is 6.16. The molecule has 1 aliphatic heterocycles. The lowest BCUT2D eigenvalue weighted by Gasteiger charge is -2.35. The molecule has 5 rings (SSSR count). The molecule has 2 aromatic carbocycles. The van der Waals surface area contributed by atoms with Gasteiger partial charge in [0.25, 0.3) is 0 Å². The molecule has 1 saturated heterocycles. The van der Waals surface area contributed by atoms with Gasteiger partial charge in [-0.3, -0.25) is 4.79 Å². The van der Waals surface area contributed by atoms with Crippen molar-refractivity contribution in [2.24, 2.45) is 0 Å². The fourth-order valence-corrected chi connectivity index (χ4v) is 5.25. The average Bonchev–Trinajstić information content (AvgIpc) is 3.32. The number of anilines is 3. The minimum atomic E-state index is -1.62. The van der Waals surface area contributed by atoms with Gasteiger partial charge < -0.3 is 15.1 Å². The molecule has 1 unspecified atom stereocenters. The first kappa shape index (κ1) is 22.6. The SMILES string of the molecule is CC(=O)N1CCN(c2ccc(Nc3ncc4ccn(S(=O)c5ccccc5C#N)c4n3)cc2)CC1. The Labute approximate surface area is 205 Å². The summed E-state index contributed by atoms with van der Waals surface area (Å²) in [5.74, 6) is 0.497. The molecule has 1 aliphatic rings. The van der Waals surface area contributed by atoms with Crippen LogP contribution in [0.4, 0.5) is 17.3 Å². The molecule has 1 fully saturated rings. The molecule has 3 heterocycles. The van der Waals surface area contributed by atoms with Gasteiger partial charge in [0.05, 0.1) is 10.5 Å². The van der Waals surface area contributed by atoms with Crippen molar-refractivity contribution in [2.75, 3.05) is 36.4 Å². The van der Waals surface area contributed by atoms with Gasteiger partial charge in [0.1, 0.15) is 6.07 Å². The average molecular weight is 486 g/mol. The van der Waals surface area contributed by atoms with Gasteiger partial charge in [0.15, 0.2) is 16.6 Å². The van der Waals surface area contributed by atoms with Gasteiger partial charge in [-0.25, -0.2) is 13.2 Å². The Morgan fingerprint density at radius 2 is 1.80 bits per heavy atom. The number of aromatic nitrogens is 3. The number of hydrogen-bond donors (Lipinski definition) is 1. The smallest absolute Gasteiger partial charge is 0.229 e. The molecule has 0 saturated carbocycles. The number of nitrogens with one attached hydrogen (secondary N) is 1. The lowest BCUT2D eigenvalue weighted by molar-refractivity contribution is -0.129. The summed E-state index contributed by atoms with van der Waals surface area (Å²) in [5.41, 5.74) is 2.79. The lowest BCUT2D eigenvalue weighted by Crippen LogP contribution is -2.48. The second-order valence-corrected chi connectivity index (χ2v) is 9.47. The van der Waals surface area contributed by atoms with E-state index in [2.05, 4.69) is 26.3 Å². The summed E-state index contributed by atoms with van der Waals surface area (Å²) in [7, 11) is -1.62. The first-order valence-electron chi connectivity index (χ1n) is 11.2. The molecule has 0 bridgehead atoms. The van der Waals surface area contributed by atoms with Crippen LogP contribution < -0.4 is 10.2 Å². The summed E-state index contributed by atoms with van der Waals surface area (Å²) in [6, 6.07) is 18.7. The van der Waals surface area contributed by atoms with E-state index >= 15 is 0 Å². The zero-order chi connectivity index (χ0) is 24.4. The van der Waals surface area contributed by atoms with Crippen molar-refractivity contribution in [2.45, 2.75) is 11.8 Å². The van der Waals surface area contributed by atoms with Crippen LogP contribution in [-0.2, 0) is 15.8 Å². The third-order valence-electron chi connectivity index (χ3n) is 5.98. The van der Waals surface area contributed by atoms with Crippen LogP contribution in [-0.4, -0.2) is 55.1 Å². The van der Waals surface area contributed by atoms with Crippen LogP contribution in [0.1, 0.15) is 12.5 Å². The van der Waals surface area contributed by atoms with Crippen molar-refractivity contribution in [1.29, 1.82) is 5.26 Å². The number of fused-ring (bicyclic) bond motifs is 1. The Morgan fingerprint density at radius 3 is 2.51 bits per heavy atom. The summed E-state index contributed by atoms with van der Waals surface area (Å²) in [4.78, 5) is 25.1. The molecule has 1 atom stereocenters. The molecule has 1 amide bonds. The monoisotopic (exact) mass is 485 g/mol. The minimum Gasteiger partial charge on any atom is -0.368 e. The van der Waals surface area contributed by atoms with Gasteiger partial charge in [0.2, 0.25) is 11.9 Å². The van der Waals surface area contributed by atoms with E-state index in [1.807, 2.05) is 29.2 Å². The Hall–Kier alpha value is -4.23. The molecule has 10 heteroatoms. The molecule has 35 heavy (non-hydrogen) atoms. The van der Waals surface area contributed by atoms with Crippen molar-refractivity contribution < 1.29 is 9.00 Å². The summed E-state index contributed by atoms with van der Waals surface area (Å²) in [6.07, 6.45) is 3.37. The third kappa shape index (κ3) is 4.58. The largest absolute Gasteiger partial charge is 0.368 e. The van der Waals surface area contributed by atoms with Crippen LogP contribution in [0.3, 0.4) is 0 Å². The van der Waals surface area contributed by atoms with Gasteiger partial charge in [0, 0.05) is 62.3 Å². The topological polar surface area (TPSA) is 107 Å². The van der Waals surface area contributed by atoms with E-state index in [1.165, 1.54) is 0 Å².